The van der Waals surface area contributed by atoms with Crippen molar-refractivity contribution in [3.63, 3.8) is 0 Å². The first-order valence-corrected chi connectivity index (χ1v) is 7.93. The smallest absolute Gasteiger partial charge is 0.319 e. The number of rotatable bonds is 4. The summed E-state index contributed by atoms with van der Waals surface area (Å²) in [4.78, 5) is 24.7. The van der Waals surface area contributed by atoms with Gasteiger partial charge in [0.05, 0.1) is 6.04 Å². The molecule has 25 heavy (non-hydrogen) atoms. The molecule has 2 heterocycles. The molecule has 1 atom stereocenters. The monoisotopic (exact) mass is 357 g/mol. The van der Waals surface area contributed by atoms with E-state index < -0.39 is 6.04 Å². The molecule has 0 aliphatic carbocycles. The van der Waals surface area contributed by atoms with Gasteiger partial charge in [0, 0.05) is 23.1 Å². The Kier molecular flexibility index (Phi) is 4.90. The van der Waals surface area contributed by atoms with E-state index in [1.165, 1.54) is 11.0 Å². The molecule has 3 aromatic rings. The van der Waals surface area contributed by atoms with Crippen LogP contribution < -0.4 is 10.6 Å². The van der Waals surface area contributed by atoms with Gasteiger partial charge in [-0.2, -0.15) is 9.78 Å². The van der Waals surface area contributed by atoms with Crippen LogP contribution in [0, 0.1) is 6.92 Å². The van der Waals surface area contributed by atoms with Gasteiger partial charge in [-0.25, -0.2) is 19.7 Å². The van der Waals surface area contributed by atoms with Crippen molar-refractivity contribution in [1.29, 1.82) is 0 Å². The van der Waals surface area contributed by atoms with E-state index in [-0.39, 0.29) is 6.03 Å². The number of nitrogens with one attached hydrogen (secondary N) is 2. The number of urea groups is 1. The number of halogens is 1. The Labute approximate surface area is 149 Å². The first kappa shape index (κ1) is 16.8. The van der Waals surface area contributed by atoms with Crippen LogP contribution >= 0.6 is 11.6 Å². The minimum Gasteiger partial charge on any atom is -0.328 e. The zero-order valence-electron chi connectivity index (χ0n) is 13.6. The van der Waals surface area contributed by atoms with Crippen molar-refractivity contribution >= 4 is 23.3 Å². The van der Waals surface area contributed by atoms with Crippen LogP contribution in [0.5, 0.6) is 0 Å². The van der Waals surface area contributed by atoms with E-state index in [0.717, 1.165) is 5.56 Å². The summed E-state index contributed by atoms with van der Waals surface area (Å²) in [5.74, 6) is 0.901. The number of nitrogens with zero attached hydrogens (tertiary/aromatic N) is 5. The molecule has 9 heteroatoms. The predicted octanol–water partition coefficient (Wildman–Crippen LogP) is 2.90. The van der Waals surface area contributed by atoms with Crippen LogP contribution in [0.2, 0.25) is 5.02 Å². The molecule has 0 bridgehead atoms. The molecule has 2 amide bonds. The van der Waals surface area contributed by atoms with Crippen molar-refractivity contribution in [2.24, 2.45) is 0 Å². The molecule has 0 saturated carbocycles. The van der Waals surface area contributed by atoms with Crippen LogP contribution in [0.3, 0.4) is 0 Å². The van der Waals surface area contributed by atoms with Crippen molar-refractivity contribution in [2.45, 2.75) is 19.9 Å². The van der Waals surface area contributed by atoms with Crippen molar-refractivity contribution in [3.05, 3.63) is 59.4 Å². The molecule has 0 spiro atoms. The Morgan fingerprint density at radius 3 is 2.72 bits per heavy atom. The first-order chi connectivity index (χ1) is 12.0. The summed E-state index contributed by atoms with van der Waals surface area (Å²) in [7, 11) is 0. The number of hydrogen-bond acceptors (Lipinski definition) is 5. The average Bonchev–Trinajstić information content (AvgIpc) is 3.09. The third kappa shape index (κ3) is 3.92. The van der Waals surface area contributed by atoms with Gasteiger partial charge in [0.1, 0.15) is 6.33 Å². The van der Waals surface area contributed by atoms with Crippen molar-refractivity contribution < 1.29 is 4.79 Å². The number of benzene rings is 1. The van der Waals surface area contributed by atoms with Gasteiger partial charge >= 0.3 is 6.03 Å². The zero-order valence-corrected chi connectivity index (χ0v) is 14.4. The van der Waals surface area contributed by atoms with Gasteiger partial charge in [0.25, 0.3) is 5.95 Å². The highest BCUT2D eigenvalue weighted by Gasteiger charge is 2.18. The summed E-state index contributed by atoms with van der Waals surface area (Å²) < 4.78 is 1.48. The Balaban J connectivity index is 1.70. The summed E-state index contributed by atoms with van der Waals surface area (Å²) in [5.41, 5.74) is 1.55. The first-order valence-electron chi connectivity index (χ1n) is 7.55. The number of aryl methyl sites for hydroxylation is 1. The summed E-state index contributed by atoms with van der Waals surface area (Å²) in [6, 6.07) is 6.24. The SMILES string of the molecule is Cc1ccc(NC(=O)NC(C)c2ncnn2-c2ncccn2)cc1Cl. The fourth-order valence-electron chi connectivity index (χ4n) is 2.20. The van der Waals surface area contributed by atoms with Crippen LogP contribution in [0.15, 0.2) is 43.0 Å². The van der Waals surface area contributed by atoms with Crippen LogP contribution in [-0.4, -0.2) is 30.8 Å². The summed E-state index contributed by atoms with van der Waals surface area (Å²) in [6.07, 6.45) is 4.61. The topological polar surface area (TPSA) is 97.6 Å². The Morgan fingerprint density at radius 2 is 2.00 bits per heavy atom. The molecular weight excluding hydrogens is 342 g/mol. The van der Waals surface area contributed by atoms with Crippen molar-refractivity contribution in [1.82, 2.24) is 30.0 Å². The number of aromatic nitrogens is 5. The minimum atomic E-state index is -0.410. The molecule has 0 fully saturated rings. The van der Waals surface area contributed by atoms with E-state index in [2.05, 4.69) is 30.7 Å². The predicted molar refractivity (Wildman–Crippen MR) is 93.7 cm³/mol. The van der Waals surface area contributed by atoms with Crippen molar-refractivity contribution in [3.8, 4) is 5.95 Å². The van der Waals surface area contributed by atoms with E-state index in [9.17, 15) is 4.79 Å². The second-order valence-corrected chi connectivity index (χ2v) is 5.77. The van der Waals surface area contributed by atoms with Gasteiger partial charge in [-0.3, -0.25) is 0 Å². The van der Waals surface area contributed by atoms with Crippen molar-refractivity contribution in [2.75, 3.05) is 5.32 Å². The Morgan fingerprint density at radius 1 is 1.24 bits per heavy atom. The summed E-state index contributed by atoms with van der Waals surface area (Å²) >= 11 is 6.07. The lowest BCUT2D eigenvalue weighted by molar-refractivity contribution is 0.248. The van der Waals surface area contributed by atoms with E-state index in [0.29, 0.717) is 22.5 Å². The lowest BCUT2D eigenvalue weighted by Gasteiger charge is -2.15. The molecule has 0 aliphatic rings. The number of carbonyl (C=O) groups is 1. The molecule has 3 rings (SSSR count). The highest BCUT2D eigenvalue weighted by molar-refractivity contribution is 6.31. The molecule has 128 valence electrons. The Bertz CT molecular complexity index is 881. The lowest BCUT2D eigenvalue weighted by Crippen LogP contribution is -2.32. The molecule has 8 nitrogen and oxygen atoms in total. The molecule has 2 aromatic heterocycles. The molecule has 2 N–H and O–H groups in total. The third-order valence-electron chi connectivity index (χ3n) is 3.48. The minimum absolute atomic E-state index is 0.379. The number of carbonyl (C=O) groups excluding carboxylic acids is 1. The molecule has 0 aliphatic heterocycles. The van der Waals surface area contributed by atoms with E-state index >= 15 is 0 Å². The molecule has 0 saturated heterocycles. The van der Waals surface area contributed by atoms with Gasteiger partial charge in [0.2, 0.25) is 0 Å². The lowest BCUT2D eigenvalue weighted by atomic mass is 10.2. The van der Waals surface area contributed by atoms with E-state index in [4.69, 9.17) is 11.6 Å². The van der Waals surface area contributed by atoms with Crippen LogP contribution in [0.4, 0.5) is 10.5 Å². The Hall–Kier alpha value is -3.00. The fraction of sp³-hybridized carbons (Fsp3) is 0.188. The normalized spacial score (nSPS) is 11.8. The van der Waals surface area contributed by atoms with Gasteiger partial charge in [0.15, 0.2) is 5.82 Å². The second-order valence-electron chi connectivity index (χ2n) is 5.36. The number of anilines is 1. The van der Waals surface area contributed by atoms with Crippen LogP contribution in [-0.2, 0) is 0 Å². The second kappa shape index (κ2) is 7.27. The van der Waals surface area contributed by atoms with Gasteiger partial charge in [-0.1, -0.05) is 17.7 Å². The largest absolute Gasteiger partial charge is 0.328 e. The zero-order chi connectivity index (χ0) is 17.8. The van der Waals surface area contributed by atoms with Crippen LogP contribution in [0.25, 0.3) is 5.95 Å². The van der Waals surface area contributed by atoms with E-state index in [1.807, 2.05) is 13.0 Å². The maximum absolute atomic E-state index is 12.2. The number of amides is 2. The summed E-state index contributed by atoms with van der Waals surface area (Å²) in [5, 5.41) is 10.2. The maximum Gasteiger partial charge on any atom is 0.319 e. The highest BCUT2D eigenvalue weighted by atomic mass is 35.5. The molecule has 0 radical (unpaired) electrons. The van der Waals surface area contributed by atoms with Gasteiger partial charge in [-0.15, -0.1) is 0 Å². The molecule has 1 unspecified atom stereocenters. The quantitative estimate of drug-likeness (QED) is 0.748. The fourth-order valence-corrected chi connectivity index (χ4v) is 2.38. The summed E-state index contributed by atoms with van der Waals surface area (Å²) in [6.45, 7) is 3.69. The number of hydrogen-bond donors (Lipinski definition) is 2. The van der Waals surface area contributed by atoms with Crippen LogP contribution in [0.1, 0.15) is 24.4 Å². The highest BCUT2D eigenvalue weighted by Crippen LogP contribution is 2.20. The third-order valence-corrected chi connectivity index (χ3v) is 3.89. The molecular formula is C16H16ClN7O. The average molecular weight is 358 g/mol. The van der Waals surface area contributed by atoms with E-state index in [1.54, 1.807) is 37.5 Å². The van der Waals surface area contributed by atoms with Gasteiger partial charge < -0.3 is 10.6 Å². The maximum atomic E-state index is 12.2. The molecule has 1 aromatic carbocycles. The van der Waals surface area contributed by atoms with Gasteiger partial charge in [-0.05, 0) is 37.6 Å². The standard InChI is InChI=1S/C16H16ClN7O/c1-10-4-5-12(8-13(10)17)23-16(25)22-11(2)14-20-9-21-24(14)15-18-6-3-7-19-15/h3-9,11H,1-2H3,(H2,22,23,25).